The SMILES string of the molecule is CN(C)c1ccc(CCC(=O)N(CC2CCCO2)c2nc3ccccc3s2)cc1. The summed E-state index contributed by atoms with van der Waals surface area (Å²) < 4.78 is 6.91. The topological polar surface area (TPSA) is 45.7 Å². The molecule has 1 saturated heterocycles. The summed E-state index contributed by atoms with van der Waals surface area (Å²) in [5, 5.41) is 0.773. The highest BCUT2D eigenvalue weighted by molar-refractivity contribution is 7.22. The van der Waals surface area contributed by atoms with Gasteiger partial charge in [0.1, 0.15) is 0 Å². The molecule has 1 amide bonds. The standard InChI is InChI=1S/C23H27N3O2S/c1-25(2)18-12-9-17(10-13-18)11-14-22(27)26(16-19-6-5-15-28-19)23-24-20-7-3-4-8-21(20)29-23/h3-4,7-10,12-13,19H,5-6,11,14-16H2,1-2H3. The predicted octanol–water partition coefficient (Wildman–Crippen LogP) is 4.51. The van der Waals surface area contributed by atoms with Crippen LogP contribution in [-0.4, -0.2) is 44.2 Å². The summed E-state index contributed by atoms with van der Waals surface area (Å²) in [6, 6.07) is 16.4. The molecule has 0 radical (unpaired) electrons. The van der Waals surface area contributed by atoms with Crippen molar-refractivity contribution in [2.24, 2.45) is 0 Å². The van der Waals surface area contributed by atoms with E-state index >= 15 is 0 Å². The van der Waals surface area contributed by atoms with Crippen molar-refractivity contribution in [3.05, 3.63) is 54.1 Å². The van der Waals surface area contributed by atoms with Gasteiger partial charge in [0.05, 0.1) is 22.9 Å². The average molecular weight is 410 g/mol. The van der Waals surface area contributed by atoms with Crippen LogP contribution in [-0.2, 0) is 16.0 Å². The van der Waals surface area contributed by atoms with Gasteiger partial charge >= 0.3 is 0 Å². The number of aryl methyl sites for hydroxylation is 1. The first-order valence-electron chi connectivity index (χ1n) is 10.1. The molecule has 0 spiro atoms. The lowest BCUT2D eigenvalue weighted by atomic mass is 10.1. The van der Waals surface area contributed by atoms with E-state index in [9.17, 15) is 4.79 Å². The fraction of sp³-hybridized carbons (Fsp3) is 0.391. The highest BCUT2D eigenvalue weighted by Crippen LogP contribution is 2.30. The Kier molecular flexibility index (Phi) is 6.11. The third kappa shape index (κ3) is 4.77. The Morgan fingerprint density at radius 3 is 2.66 bits per heavy atom. The molecule has 0 bridgehead atoms. The second kappa shape index (κ2) is 8.93. The van der Waals surface area contributed by atoms with Crippen LogP contribution in [0.2, 0.25) is 0 Å². The Morgan fingerprint density at radius 2 is 1.97 bits per heavy atom. The van der Waals surface area contributed by atoms with E-state index in [-0.39, 0.29) is 12.0 Å². The zero-order valence-electron chi connectivity index (χ0n) is 17.0. The molecule has 6 heteroatoms. The maximum atomic E-state index is 13.2. The van der Waals surface area contributed by atoms with Crippen LogP contribution < -0.4 is 9.80 Å². The first-order chi connectivity index (χ1) is 14.1. The molecule has 152 valence electrons. The molecule has 1 aliphatic heterocycles. The van der Waals surface area contributed by atoms with E-state index < -0.39 is 0 Å². The predicted molar refractivity (Wildman–Crippen MR) is 120 cm³/mol. The van der Waals surface area contributed by atoms with Gasteiger partial charge in [-0.1, -0.05) is 35.6 Å². The summed E-state index contributed by atoms with van der Waals surface area (Å²) in [5.41, 5.74) is 3.27. The summed E-state index contributed by atoms with van der Waals surface area (Å²) in [5.74, 6) is 0.108. The highest BCUT2D eigenvalue weighted by Gasteiger charge is 2.26. The average Bonchev–Trinajstić information content (AvgIpc) is 3.39. The molecular weight excluding hydrogens is 382 g/mol. The number of amides is 1. The van der Waals surface area contributed by atoms with Crippen LogP contribution in [0.15, 0.2) is 48.5 Å². The number of hydrogen-bond donors (Lipinski definition) is 0. The molecule has 1 aromatic heterocycles. The molecule has 3 aromatic rings. The van der Waals surface area contributed by atoms with E-state index in [1.165, 1.54) is 5.56 Å². The largest absolute Gasteiger partial charge is 0.378 e. The van der Waals surface area contributed by atoms with Crippen LogP contribution in [0.5, 0.6) is 0 Å². The molecule has 0 aliphatic carbocycles. The lowest BCUT2D eigenvalue weighted by molar-refractivity contribution is -0.119. The number of hydrogen-bond acceptors (Lipinski definition) is 5. The molecule has 29 heavy (non-hydrogen) atoms. The van der Waals surface area contributed by atoms with Crippen molar-refractivity contribution in [2.45, 2.75) is 31.8 Å². The van der Waals surface area contributed by atoms with Crippen LogP contribution in [0.25, 0.3) is 10.2 Å². The van der Waals surface area contributed by atoms with Gasteiger partial charge in [0.2, 0.25) is 5.91 Å². The van der Waals surface area contributed by atoms with E-state index in [0.717, 1.165) is 46.9 Å². The Morgan fingerprint density at radius 1 is 1.17 bits per heavy atom. The maximum absolute atomic E-state index is 13.2. The molecular formula is C23H27N3O2S. The summed E-state index contributed by atoms with van der Waals surface area (Å²) in [6.45, 7) is 1.36. The Labute approximate surface area is 175 Å². The van der Waals surface area contributed by atoms with E-state index in [2.05, 4.69) is 35.2 Å². The monoisotopic (exact) mass is 409 g/mol. The third-order valence-corrected chi connectivity index (χ3v) is 6.36. The fourth-order valence-corrected chi connectivity index (χ4v) is 4.59. The van der Waals surface area contributed by atoms with E-state index in [0.29, 0.717) is 13.0 Å². The lowest BCUT2D eigenvalue weighted by Crippen LogP contribution is -2.37. The third-order valence-electron chi connectivity index (χ3n) is 5.31. The van der Waals surface area contributed by atoms with Crippen molar-refractivity contribution >= 4 is 38.3 Å². The Balaban J connectivity index is 1.49. The van der Waals surface area contributed by atoms with Crippen LogP contribution in [0, 0.1) is 0 Å². The molecule has 2 heterocycles. The number of ether oxygens (including phenoxy) is 1. The number of fused-ring (bicyclic) bond motifs is 1. The van der Waals surface area contributed by atoms with Crippen molar-refractivity contribution < 1.29 is 9.53 Å². The molecule has 5 nitrogen and oxygen atoms in total. The normalized spacial score (nSPS) is 16.3. The van der Waals surface area contributed by atoms with Crippen molar-refractivity contribution in [2.75, 3.05) is 37.0 Å². The molecule has 0 N–H and O–H groups in total. The van der Waals surface area contributed by atoms with Gasteiger partial charge in [0.15, 0.2) is 5.13 Å². The molecule has 0 saturated carbocycles. The first kappa shape index (κ1) is 19.9. The number of nitrogens with zero attached hydrogens (tertiary/aromatic N) is 3. The number of benzene rings is 2. The molecule has 4 rings (SSSR count). The van der Waals surface area contributed by atoms with Crippen molar-refractivity contribution in [1.82, 2.24) is 4.98 Å². The molecule has 2 aromatic carbocycles. The minimum absolute atomic E-state index is 0.102. The zero-order valence-corrected chi connectivity index (χ0v) is 17.8. The zero-order chi connectivity index (χ0) is 20.2. The first-order valence-corrected chi connectivity index (χ1v) is 11.0. The van der Waals surface area contributed by atoms with E-state index in [1.54, 1.807) is 11.3 Å². The quantitative estimate of drug-likeness (QED) is 0.576. The molecule has 1 aliphatic rings. The molecule has 1 fully saturated rings. The van der Waals surface area contributed by atoms with Gasteiger partial charge in [-0.2, -0.15) is 0 Å². The van der Waals surface area contributed by atoms with E-state index in [4.69, 9.17) is 9.72 Å². The number of carbonyl (C=O) groups excluding carboxylic acids is 1. The van der Waals surface area contributed by atoms with Gasteiger partial charge in [-0.15, -0.1) is 0 Å². The number of rotatable bonds is 7. The second-order valence-corrected chi connectivity index (χ2v) is 8.67. The fourth-order valence-electron chi connectivity index (χ4n) is 3.60. The number of thiazole rings is 1. The van der Waals surface area contributed by atoms with Crippen molar-refractivity contribution in [3.8, 4) is 0 Å². The minimum Gasteiger partial charge on any atom is -0.378 e. The van der Waals surface area contributed by atoms with Crippen LogP contribution >= 0.6 is 11.3 Å². The van der Waals surface area contributed by atoms with Gasteiger partial charge in [-0.25, -0.2) is 4.98 Å². The van der Waals surface area contributed by atoms with E-state index in [1.807, 2.05) is 37.2 Å². The van der Waals surface area contributed by atoms with Crippen LogP contribution in [0.1, 0.15) is 24.8 Å². The van der Waals surface area contributed by atoms with Crippen molar-refractivity contribution in [1.29, 1.82) is 0 Å². The highest BCUT2D eigenvalue weighted by atomic mass is 32.1. The minimum atomic E-state index is 0.102. The van der Waals surface area contributed by atoms with Crippen LogP contribution in [0.4, 0.5) is 10.8 Å². The van der Waals surface area contributed by atoms with Gasteiger partial charge in [0.25, 0.3) is 0 Å². The summed E-state index contributed by atoms with van der Waals surface area (Å²) in [4.78, 5) is 21.8. The molecule has 1 atom stereocenters. The van der Waals surface area contributed by atoms with Gasteiger partial charge in [-0.3, -0.25) is 9.69 Å². The Bertz CT molecular complexity index is 929. The van der Waals surface area contributed by atoms with Crippen molar-refractivity contribution in [3.63, 3.8) is 0 Å². The number of carbonyl (C=O) groups is 1. The van der Waals surface area contributed by atoms with Crippen LogP contribution in [0.3, 0.4) is 0 Å². The number of anilines is 2. The summed E-state index contributed by atoms with van der Waals surface area (Å²) >= 11 is 1.58. The number of aromatic nitrogens is 1. The van der Waals surface area contributed by atoms with Gasteiger partial charge in [0, 0.05) is 32.8 Å². The smallest absolute Gasteiger partial charge is 0.229 e. The summed E-state index contributed by atoms with van der Waals surface area (Å²) in [6.07, 6.45) is 3.35. The molecule has 1 unspecified atom stereocenters. The lowest BCUT2D eigenvalue weighted by Gasteiger charge is -2.23. The maximum Gasteiger partial charge on any atom is 0.229 e. The Hall–Kier alpha value is -2.44. The summed E-state index contributed by atoms with van der Waals surface area (Å²) in [7, 11) is 4.05. The van der Waals surface area contributed by atoms with Gasteiger partial charge in [-0.05, 0) is 49.1 Å². The number of para-hydroxylation sites is 1. The second-order valence-electron chi connectivity index (χ2n) is 7.66. The van der Waals surface area contributed by atoms with Gasteiger partial charge < -0.3 is 9.64 Å².